The van der Waals surface area contributed by atoms with Crippen LogP contribution in [0.4, 0.5) is 5.69 Å². The van der Waals surface area contributed by atoms with Gasteiger partial charge in [0.1, 0.15) is 10.6 Å². The first-order chi connectivity index (χ1) is 12.3. The predicted octanol–water partition coefficient (Wildman–Crippen LogP) is 1.85. The lowest BCUT2D eigenvalue weighted by Gasteiger charge is -2.21. The molecule has 0 radical (unpaired) electrons. The van der Waals surface area contributed by atoms with Crippen LogP contribution in [-0.4, -0.2) is 44.9 Å². The SMILES string of the molecule is COc1ccccc1N1CC[C@H](CNS(=O)(=O)c2c(C)nn(C)c2C)C1. The van der Waals surface area contributed by atoms with Crippen molar-refractivity contribution >= 4 is 15.7 Å². The van der Waals surface area contributed by atoms with Crippen molar-refractivity contribution in [2.75, 3.05) is 31.6 Å². The highest BCUT2D eigenvalue weighted by atomic mass is 32.2. The summed E-state index contributed by atoms with van der Waals surface area (Å²) < 4.78 is 35.2. The van der Waals surface area contributed by atoms with Crippen LogP contribution in [-0.2, 0) is 17.1 Å². The predicted molar refractivity (Wildman–Crippen MR) is 101 cm³/mol. The summed E-state index contributed by atoms with van der Waals surface area (Å²) in [5, 5.41) is 4.20. The van der Waals surface area contributed by atoms with Gasteiger partial charge in [0.05, 0.1) is 24.2 Å². The first-order valence-electron chi connectivity index (χ1n) is 8.71. The Kier molecular flexibility index (Phi) is 5.24. The molecule has 26 heavy (non-hydrogen) atoms. The maximum absolute atomic E-state index is 12.7. The number of anilines is 1. The largest absolute Gasteiger partial charge is 0.495 e. The molecule has 1 aliphatic rings. The average molecular weight is 378 g/mol. The molecule has 1 aromatic carbocycles. The first kappa shape index (κ1) is 18.7. The van der Waals surface area contributed by atoms with Crippen LogP contribution in [0.25, 0.3) is 0 Å². The zero-order valence-corrected chi connectivity index (χ0v) is 16.5. The van der Waals surface area contributed by atoms with Gasteiger partial charge in [-0.2, -0.15) is 5.10 Å². The van der Waals surface area contributed by atoms with Gasteiger partial charge in [-0.15, -0.1) is 0 Å². The van der Waals surface area contributed by atoms with Gasteiger partial charge in [-0.05, 0) is 38.3 Å². The minimum absolute atomic E-state index is 0.256. The number of hydrogen-bond donors (Lipinski definition) is 1. The Morgan fingerprint density at radius 3 is 2.69 bits per heavy atom. The molecule has 7 nitrogen and oxygen atoms in total. The Hall–Kier alpha value is -2.06. The molecule has 2 aromatic rings. The summed E-state index contributed by atoms with van der Waals surface area (Å²) in [5.41, 5.74) is 2.23. The number of aryl methyl sites for hydroxylation is 2. The molecule has 3 rings (SSSR count). The summed E-state index contributed by atoms with van der Waals surface area (Å²) >= 11 is 0. The van der Waals surface area contributed by atoms with Crippen LogP contribution in [0, 0.1) is 19.8 Å². The maximum Gasteiger partial charge on any atom is 0.244 e. The van der Waals surface area contributed by atoms with Crippen LogP contribution >= 0.6 is 0 Å². The van der Waals surface area contributed by atoms with E-state index in [2.05, 4.69) is 14.7 Å². The smallest absolute Gasteiger partial charge is 0.244 e. The van der Waals surface area contributed by atoms with E-state index in [0.717, 1.165) is 30.9 Å². The number of ether oxygens (including phenoxy) is 1. The van der Waals surface area contributed by atoms with E-state index < -0.39 is 10.0 Å². The number of hydrogen-bond acceptors (Lipinski definition) is 5. The lowest BCUT2D eigenvalue weighted by molar-refractivity contribution is 0.414. The molecule has 2 heterocycles. The van der Waals surface area contributed by atoms with Crippen LogP contribution in [0.2, 0.25) is 0 Å². The van der Waals surface area contributed by atoms with Crippen molar-refractivity contribution in [2.24, 2.45) is 13.0 Å². The van der Waals surface area contributed by atoms with Gasteiger partial charge in [0.2, 0.25) is 10.0 Å². The van der Waals surface area contributed by atoms with E-state index in [1.807, 2.05) is 24.3 Å². The maximum atomic E-state index is 12.7. The van der Waals surface area contributed by atoms with Gasteiger partial charge in [-0.3, -0.25) is 4.68 Å². The molecule has 0 saturated carbocycles. The molecular formula is C18H26N4O3S. The second kappa shape index (κ2) is 7.28. The summed E-state index contributed by atoms with van der Waals surface area (Å²) in [5.74, 6) is 1.10. The van der Waals surface area contributed by atoms with Crippen molar-refractivity contribution < 1.29 is 13.2 Å². The molecule has 1 aliphatic heterocycles. The molecule has 8 heteroatoms. The van der Waals surface area contributed by atoms with Gasteiger partial charge < -0.3 is 9.64 Å². The Balaban J connectivity index is 1.66. The minimum Gasteiger partial charge on any atom is -0.495 e. The number of methoxy groups -OCH3 is 1. The standard InChI is InChI=1S/C18H26N4O3S/c1-13-18(14(2)21(3)20-13)26(23,24)19-11-15-9-10-22(12-15)16-7-5-6-8-17(16)25-4/h5-8,15,19H,9-12H2,1-4H3/t15-/m1/s1. The number of para-hydroxylation sites is 2. The van der Waals surface area contributed by atoms with E-state index >= 15 is 0 Å². The molecule has 0 amide bonds. The van der Waals surface area contributed by atoms with E-state index in [4.69, 9.17) is 4.74 Å². The summed E-state index contributed by atoms with van der Waals surface area (Å²) in [6, 6.07) is 7.91. The number of sulfonamides is 1. The monoisotopic (exact) mass is 378 g/mol. The number of benzene rings is 1. The van der Waals surface area contributed by atoms with Crippen LogP contribution in [0.5, 0.6) is 5.75 Å². The first-order valence-corrected chi connectivity index (χ1v) is 10.2. The molecule has 0 bridgehead atoms. The Morgan fingerprint density at radius 1 is 1.31 bits per heavy atom. The van der Waals surface area contributed by atoms with Gasteiger partial charge in [0, 0.05) is 26.7 Å². The van der Waals surface area contributed by atoms with Gasteiger partial charge in [-0.25, -0.2) is 13.1 Å². The van der Waals surface area contributed by atoms with Crippen LogP contribution in [0.1, 0.15) is 17.8 Å². The lowest BCUT2D eigenvalue weighted by Crippen LogP contribution is -2.31. The highest BCUT2D eigenvalue weighted by Gasteiger charge is 2.28. The second-order valence-corrected chi connectivity index (χ2v) is 8.45. The third-order valence-electron chi connectivity index (χ3n) is 4.99. The van der Waals surface area contributed by atoms with Crippen molar-refractivity contribution in [1.29, 1.82) is 0 Å². The van der Waals surface area contributed by atoms with E-state index in [1.54, 1.807) is 32.7 Å². The number of rotatable bonds is 6. The van der Waals surface area contributed by atoms with Gasteiger partial charge in [-0.1, -0.05) is 12.1 Å². The summed E-state index contributed by atoms with van der Waals surface area (Å²) in [4.78, 5) is 2.54. The fourth-order valence-electron chi connectivity index (χ4n) is 3.55. The van der Waals surface area contributed by atoms with Crippen molar-refractivity contribution in [3.63, 3.8) is 0 Å². The Bertz CT molecular complexity index is 892. The van der Waals surface area contributed by atoms with Crippen molar-refractivity contribution in [3.05, 3.63) is 35.7 Å². The minimum atomic E-state index is -3.56. The molecule has 1 N–H and O–H groups in total. The zero-order valence-electron chi connectivity index (χ0n) is 15.7. The van der Waals surface area contributed by atoms with Gasteiger partial charge >= 0.3 is 0 Å². The normalized spacial score (nSPS) is 17.7. The van der Waals surface area contributed by atoms with Crippen LogP contribution in [0.15, 0.2) is 29.2 Å². The lowest BCUT2D eigenvalue weighted by atomic mass is 10.1. The van der Waals surface area contributed by atoms with Gasteiger partial charge in [0.25, 0.3) is 0 Å². The Morgan fingerprint density at radius 2 is 2.04 bits per heavy atom. The summed E-state index contributed by atoms with van der Waals surface area (Å²) in [6.45, 7) is 5.60. The highest BCUT2D eigenvalue weighted by molar-refractivity contribution is 7.89. The zero-order chi connectivity index (χ0) is 18.9. The number of aromatic nitrogens is 2. The van der Waals surface area contributed by atoms with Crippen LogP contribution in [0.3, 0.4) is 0 Å². The van der Waals surface area contributed by atoms with E-state index in [1.165, 1.54) is 0 Å². The van der Waals surface area contributed by atoms with Crippen molar-refractivity contribution in [1.82, 2.24) is 14.5 Å². The van der Waals surface area contributed by atoms with Crippen molar-refractivity contribution in [2.45, 2.75) is 25.2 Å². The van der Waals surface area contributed by atoms with E-state index in [9.17, 15) is 8.42 Å². The fourth-order valence-corrected chi connectivity index (χ4v) is 5.10. The molecular weight excluding hydrogens is 352 g/mol. The molecule has 1 saturated heterocycles. The topological polar surface area (TPSA) is 76.5 Å². The molecule has 0 aliphatic carbocycles. The number of nitrogens with zero attached hydrogens (tertiary/aromatic N) is 3. The van der Waals surface area contributed by atoms with Gasteiger partial charge in [0.15, 0.2) is 0 Å². The second-order valence-electron chi connectivity index (χ2n) is 6.75. The summed E-state index contributed by atoms with van der Waals surface area (Å²) in [7, 11) is -0.141. The van der Waals surface area contributed by atoms with E-state index in [0.29, 0.717) is 22.8 Å². The molecule has 1 atom stereocenters. The highest BCUT2D eigenvalue weighted by Crippen LogP contribution is 2.32. The quantitative estimate of drug-likeness (QED) is 0.830. The molecule has 0 unspecified atom stereocenters. The molecule has 1 fully saturated rings. The third-order valence-corrected chi connectivity index (χ3v) is 6.66. The van der Waals surface area contributed by atoms with Crippen LogP contribution < -0.4 is 14.4 Å². The molecule has 0 spiro atoms. The average Bonchev–Trinajstić information content (AvgIpc) is 3.18. The fraction of sp³-hybridized carbons (Fsp3) is 0.500. The molecule has 1 aromatic heterocycles. The van der Waals surface area contributed by atoms with Crippen molar-refractivity contribution in [3.8, 4) is 5.75 Å². The summed E-state index contributed by atoms with van der Waals surface area (Å²) in [6.07, 6.45) is 0.936. The third kappa shape index (κ3) is 3.57. The van der Waals surface area contributed by atoms with E-state index in [-0.39, 0.29) is 5.92 Å². The number of nitrogens with one attached hydrogen (secondary N) is 1. The molecule has 142 valence electrons. The Labute approximate surface area is 155 Å².